The van der Waals surface area contributed by atoms with Gasteiger partial charge in [0.1, 0.15) is 0 Å². The second kappa shape index (κ2) is 3.51. The fourth-order valence-corrected chi connectivity index (χ4v) is 1.59. The maximum absolute atomic E-state index is 5.67. The minimum Gasteiger partial charge on any atom is -0.407 e. The molecule has 0 saturated heterocycles. The molecule has 1 saturated carbocycles. The van der Waals surface area contributed by atoms with Gasteiger partial charge < -0.3 is 9.32 Å². The van der Waals surface area contributed by atoms with E-state index in [1.807, 2.05) is 7.05 Å². The maximum atomic E-state index is 5.67. The standard InChI is InChI=1S/C11H19N3O/c1-11(2,3)9-12-13-10(15-9)14(4)8-6-5-7-8/h8H,5-7H2,1-4H3. The second-order valence-corrected chi connectivity index (χ2v) is 5.34. The van der Waals surface area contributed by atoms with Crippen molar-refractivity contribution in [1.82, 2.24) is 10.2 Å². The number of anilines is 1. The first-order chi connectivity index (χ1) is 6.98. The summed E-state index contributed by atoms with van der Waals surface area (Å²) in [4.78, 5) is 2.10. The first kappa shape index (κ1) is 10.5. The average molecular weight is 209 g/mol. The van der Waals surface area contributed by atoms with Gasteiger partial charge in [-0.25, -0.2) is 0 Å². The van der Waals surface area contributed by atoms with Crippen molar-refractivity contribution >= 4 is 6.01 Å². The molecule has 0 N–H and O–H groups in total. The average Bonchev–Trinajstić information content (AvgIpc) is 2.46. The number of aromatic nitrogens is 2. The third-order valence-corrected chi connectivity index (χ3v) is 2.98. The summed E-state index contributed by atoms with van der Waals surface area (Å²) in [5.41, 5.74) is -0.0638. The largest absolute Gasteiger partial charge is 0.407 e. The Bertz CT molecular complexity index is 336. The summed E-state index contributed by atoms with van der Waals surface area (Å²) in [6, 6.07) is 1.25. The first-order valence-electron chi connectivity index (χ1n) is 5.55. The van der Waals surface area contributed by atoms with Crippen LogP contribution in [0.3, 0.4) is 0 Å². The quantitative estimate of drug-likeness (QED) is 0.749. The molecule has 1 aromatic heterocycles. The number of nitrogens with zero attached hydrogens (tertiary/aromatic N) is 3. The van der Waals surface area contributed by atoms with Gasteiger partial charge in [-0.1, -0.05) is 25.9 Å². The summed E-state index contributed by atoms with van der Waals surface area (Å²) < 4.78 is 5.67. The third-order valence-electron chi connectivity index (χ3n) is 2.98. The van der Waals surface area contributed by atoms with Crippen molar-refractivity contribution in [3.05, 3.63) is 5.89 Å². The second-order valence-electron chi connectivity index (χ2n) is 5.34. The molecule has 0 atom stereocenters. The predicted octanol–water partition coefficient (Wildman–Crippen LogP) is 2.36. The highest BCUT2D eigenvalue weighted by Crippen LogP contribution is 2.29. The third kappa shape index (κ3) is 1.98. The van der Waals surface area contributed by atoms with E-state index in [-0.39, 0.29) is 5.41 Å². The van der Waals surface area contributed by atoms with Crippen LogP contribution in [0.25, 0.3) is 0 Å². The zero-order valence-corrected chi connectivity index (χ0v) is 9.95. The van der Waals surface area contributed by atoms with Gasteiger partial charge in [-0.2, -0.15) is 0 Å². The lowest BCUT2D eigenvalue weighted by Gasteiger charge is -2.33. The van der Waals surface area contributed by atoms with Gasteiger partial charge in [-0.05, 0) is 19.3 Å². The van der Waals surface area contributed by atoms with Crippen LogP contribution in [0.15, 0.2) is 4.42 Å². The summed E-state index contributed by atoms with van der Waals surface area (Å²) in [6.07, 6.45) is 3.79. The van der Waals surface area contributed by atoms with E-state index >= 15 is 0 Å². The SMILES string of the molecule is CN(c1nnc(C(C)(C)C)o1)C1CCC1. The molecule has 0 bridgehead atoms. The van der Waals surface area contributed by atoms with Crippen LogP contribution in [0.1, 0.15) is 45.9 Å². The Morgan fingerprint density at radius 2 is 1.93 bits per heavy atom. The first-order valence-corrected chi connectivity index (χ1v) is 5.55. The molecule has 1 heterocycles. The van der Waals surface area contributed by atoms with Crippen LogP contribution in [0.2, 0.25) is 0 Å². The molecule has 1 fully saturated rings. The van der Waals surface area contributed by atoms with Crippen LogP contribution >= 0.6 is 0 Å². The monoisotopic (exact) mass is 209 g/mol. The van der Waals surface area contributed by atoms with Crippen molar-refractivity contribution in [2.24, 2.45) is 0 Å². The van der Waals surface area contributed by atoms with Crippen LogP contribution in [0.4, 0.5) is 6.01 Å². The number of hydrogen-bond donors (Lipinski definition) is 0. The summed E-state index contributed by atoms with van der Waals surface area (Å²) in [5.74, 6) is 0.712. The molecule has 0 unspecified atom stereocenters. The van der Waals surface area contributed by atoms with Gasteiger partial charge >= 0.3 is 6.01 Å². The summed E-state index contributed by atoms with van der Waals surface area (Å²) in [5, 5.41) is 8.19. The van der Waals surface area contributed by atoms with Gasteiger partial charge in [0, 0.05) is 18.5 Å². The van der Waals surface area contributed by atoms with Crippen molar-refractivity contribution in [3.63, 3.8) is 0 Å². The molecular formula is C11H19N3O. The molecule has 0 aliphatic heterocycles. The van der Waals surface area contributed by atoms with Crippen molar-refractivity contribution in [3.8, 4) is 0 Å². The van der Waals surface area contributed by atoms with Gasteiger partial charge in [-0.15, -0.1) is 5.10 Å². The fraction of sp³-hybridized carbons (Fsp3) is 0.818. The minimum atomic E-state index is -0.0638. The van der Waals surface area contributed by atoms with E-state index in [0.29, 0.717) is 17.9 Å². The summed E-state index contributed by atoms with van der Waals surface area (Å²) in [7, 11) is 2.03. The van der Waals surface area contributed by atoms with E-state index in [9.17, 15) is 0 Å². The van der Waals surface area contributed by atoms with Crippen LogP contribution in [-0.2, 0) is 5.41 Å². The molecule has 84 valence electrons. The van der Waals surface area contributed by atoms with Gasteiger partial charge in [0.25, 0.3) is 0 Å². The lowest BCUT2D eigenvalue weighted by atomic mass is 9.92. The van der Waals surface area contributed by atoms with Gasteiger partial charge in [0.2, 0.25) is 5.89 Å². The molecule has 4 heteroatoms. The van der Waals surface area contributed by atoms with Crippen molar-refractivity contribution < 1.29 is 4.42 Å². The van der Waals surface area contributed by atoms with Crippen molar-refractivity contribution in [2.45, 2.75) is 51.5 Å². The molecular weight excluding hydrogens is 190 g/mol. The Kier molecular flexibility index (Phi) is 2.44. The highest BCUT2D eigenvalue weighted by atomic mass is 16.4. The Balaban J connectivity index is 2.12. The normalized spacial score (nSPS) is 17.6. The van der Waals surface area contributed by atoms with E-state index in [2.05, 4.69) is 35.9 Å². The Morgan fingerprint density at radius 3 is 2.33 bits per heavy atom. The van der Waals surface area contributed by atoms with Crippen molar-refractivity contribution in [1.29, 1.82) is 0 Å². The van der Waals surface area contributed by atoms with E-state index < -0.39 is 0 Å². The smallest absolute Gasteiger partial charge is 0.318 e. The lowest BCUT2D eigenvalue weighted by molar-refractivity contribution is 0.355. The molecule has 2 rings (SSSR count). The molecule has 0 spiro atoms. The van der Waals surface area contributed by atoms with Crippen LogP contribution in [0, 0.1) is 0 Å². The number of hydrogen-bond acceptors (Lipinski definition) is 4. The fourth-order valence-electron chi connectivity index (χ4n) is 1.59. The highest BCUT2D eigenvalue weighted by molar-refractivity contribution is 5.26. The topological polar surface area (TPSA) is 42.2 Å². The molecule has 0 amide bonds. The van der Waals surface area contributed by atoms with E-state index in [0.717, 1.165) is 0 Å². The van der Waals surface area contributed by atoms with Gasteiger partial charge in [0.05, 0.1) is 0 Å². The summed E-state index contributed by atoms with van der Waals surface area (Å²) >= 11 is 0. The predicted molar refractivity (Wildman–Crippen MR) is 59.0 cm³/mol. The number of rotatable bonds is 2. The Morgan fingerprint density at radius 1 is 1.27 bits per heavy atom. The van der Waals surface area contributed by atoms with E-state index in [1.54, 1.807) is 0 Å². The minimum absolute atomic E-state index is 0.0638. The van der Waals surface area contributed by atoms with Gasteiger partial charge in [0.15, 0.2) is 0 Å². The zero-order chi connectivity index (χ0) is 11.1. The molecule has 1 aliphatic carbocycles. The van der Waals surface area contributed by atoms with E-state index in [1.165, 1.54) is 19.3 Å². The summed E-state index contributed by atoms with van der Waals surface area (Å²) in [6.45, 7) is 6.23. The molecule has 0 radical (unpaired) electrons. The van der Waals surface area contributed by atoms with Crippen LogP contribution in [-0.4, -0.2) is 23.3 Å². The van der Waals surface area contributed by atoms with Crippen LogP contribution < -0.4 is 4.90 Å². The molecule has 15 heavy (non-hydrogen) atoms. The Hall–Kier alpha value is -1.06. The molecule has 1 aliphatic rings. The van der Waals surface area contributed by atoms with Crippen molar-refractivity contribution in [2.75, 3.05) is 11.9 Å². The Labute approximate surface area is 90.7 Å². The zero-order valence-electron chi connectivity index (χ0n) is 9.95. The maximum Gasteiger partial charge on any atom is 0.318 e. The van der Waals surface area contributed by atoms with E-state index in [4.69, 9.17) is 4.42 Å². The molecule has 1 aromatic rings. The molecule has 0 aromatic carbocycles. The van der Waals surface area contributed by atoms with Crippen LogP contribution in [0.5, 0.6) is 0 Å². The lowest BCUT2D eigenvalue weighted by Crippen LogP contribution is -2.37. The highest BCUT2D eigenvalue weighted by Gasteiger charge is 2.28. The van der Waals surface area contributed by atoms with Gasteiger partial charge in [-0.3, -0.25) is 0 Å². The molecule has 4 nitrogen and oxygen atoms in total.